The first-order valence-corrected chi connectivity index (χ1v) is 31.5. The second kappa shape index (κ2) is 40.5. The number of carbonyl (C=O) groups is 12. The zero-order valence-electron chi connectivity index (χ0n) is 55.5. The minimum atomic E-state index is -5.08. The van der Waals surface area contributed by atoms with E-state index >= 15 is 14.4 Å². The minimum Gasteiger partial charge on any atom is -0.475 e. The lowest BCUT2D eigenvalue weighted by atomic mass is 9.94. The highest BCUT2D eigenvalue weighted by atomic mass is 32.1. The summed E-state index contributed by atoms with van der Waals surface area (Å²) < 4.78 is 37.8. The standard InChI is InChI=1S/C59H91N15O16S.C2HF3O2/c1-10-31(8)40-52(84)72-41(32(9)76)51(83)65-26-39(77)70-43(46(79)48(61)80)54(86)69-38(27-75)57(89)90-47(33-18-13-11-14-19-33)44(74(56(88)35(60)24-28(2)3)59(91)66-34-20-15-12-16-21-34)55(87)73-42(45(78)30(6)7)53(85)68-37(25-29(4)5)50(82)67-36(49(81)71-40)22-17-23-64-58(62)63;3-2(4,5)1(6)7/h11-16,18-21,28-32,35-38,40-47,75-76,78-79H,10,17,22-27,60H2,1-9H3,(H2,61,80)(H,65,83)(H,66,91)(H,67,82)(H,68,85)(H,69,86)(H,70,77)(H,71,81)(H,72,84)(H,73,87)(H4,62,63,64);(H,6,7)/t31-,32-,35-,36+,37-,38-,40-,41-,42-,43-,44-,45+,46-,47+;/m0./s1. The average molecular weight is 1410 g/mol. The maximum atomic E-state index is 15.9. The van der Waals surface area contributed by atoms with E-state index in [1.165, 1.54) is 44.2 Å². The Morgan fingerprint density at radius 3 is 1.71 bits per heavy atom. The summed E-state index contributed by atoms with van der Waals surface area (Å²) in [7, 11) is 0. The number of hydrogen-bond acceptors (Lipinski definition) is 20. The zero-order valence-corrected chi connectivity index (χ0v) is 56.3. The highest BCUT2D eigenvalue weighted by Crippen LogP contribution is 2.30. The Morgan fingerprint density at radius 2 is 1.21 bits per heavy atom. The number of benzene rings is 2. The SMILES string of the molecule is CC[C@H](C)[C@@H]1NC(=O)[C@@H](CCCNC(=N)N)NC(=O)[C@H](CC(C)C)NC(=O)[C@H]([C@H](O)C(C)C)NC(=O)[C@@H](N(C(=O)[C@@H](N)CC(C)C)C(=S)Nc2ccccc2)[C@@H](c2ccccc2)OC(=O)[C@H](CO)NC(=O)[C@H]([C@H](O)C(N)=O)NC(=O)CNC(=O)[C@H]([C@H](C)O)NC1=O.O=C(O)C(F)(F)F. The van der Waals surface area contributed by atoms with Gasteiger partial charge in [0.05, 0.1) is 31.4 Å². The van der Waals surface area contributed by atoms with Gasteiger partial charge in [0.15, 0.2) is 35.4 Å². The monoisotopic (exact) mass is 1410 g/mol. The molecule has 1 saturated heterocycles. The van der Waals surface area contributed by atoms with Crippen molar-refractivity contribution in [1.29, 1.82) is 5.41 Å². The van der Waals surface area contributed by atoms with Crippen LogP contribution in [-0.4, -0.2) is 211 Å². The molecule has 0 radical (unpaired) electrons. The number of cyclic esters (lactones) is 1. The van der Waals surface area contributed by atoms with Crippen molar-refractivity contribution in [3.05, 3.63) is 66.2 Å². The van der Waals surface area contributed by atoms with E-state index in [0.717, 1.165) is 6.92 Å². The number of carboxylic acids is 1. The summed E-state index contributed by atoms with van der Waals surface area (Å²) in [5, 5.41) is 83.2. The summed E-state index contributed by atoms with van der Waals surface area (Å²) in [6.07, 6.45) is -13.4. The molecule has 3 rings (SSSR count). The third-order valence-corrected chi connectivity index (χ3v) is 15.1. The first-order valence-electron chi connectivity index (χ1n) is 31.1. The topological polar surface area (TPSA) is 541 Å². The molecular weight excluding hydrogens is 1320 g/mol. The number of thiocarbonyl (C=S) groups is 1. The van der Waals surface area contributed by atoms with Crippen LogP contribution in [-0.2, 0) is 62.3 Å². The molecule has 0 aromatic heterocycles. The number of anilines is 1. The number of carboxylic acid groups (broad SMARTS) is 1. The second-order valence-corrected chi connectivity index (χ2v) is 24.6. The Kier molecular flexibility index (Phi) is 35.1. The quantitative estimate of drug-likeness (QED) is 0.0206. The predicted molar refractivity (Wildman–Crippen MR) is 349 cm³/mol. The maximum absolute atomic E-state index is 15.9. The van der Waals surface area contributed by atoms with Gasteiger partial charge in [-0.25, -0.2) is 9.59 Å². The van der Waals surface area contributed by atoms with Crippen molar-refractivity contribution >= 4 is 100.0 Å². The van der Waals surface area contributed by atoms with Crippen molar-refractivity contribution in [3.63, 3.8) is 0 Å². The smallest absolute Gasteiger partial charge is 0.475 e. The summed E-state index contributed by atoms with van der Waals surface area (Å²) in [4.78, 5) is 168. The zero-order chi connectivity index (χ0) is 74.6. The number of para-hydroxylation sites is 1. The van der Waals surface area contributed by atoms with Crippen molar-refractivity contribution in [2.75, 3.05) is 25.0 Å². The van der Waals surface area contributed by atoms with Gasteiger partial charge in [0.25, 0.3) is 0 Å². The van der Waals surface area contributed by atoms with Gasteiger partial charge in [0.2, 0.25) is 59.1 Å². The molecule has 10 amide bonds. The first kappa shape index (κ1) is 84.9. The fourth-order valence-corrected chi connectivity index (χ4v) is 9.70. The maximum Gasteiger partial charge on any atom is 0.490 e. The molecule has 14 atom stereocenters. The van der Waals surface area contributed by atoms with Crippen molar-refractivity contribution < 1.29 is 101 Å². The molecule has 2 aromatic rings. The van der Waals surface area contributed by atoms with Gasteiger partial charge in [0, 0.05) is 12.2 Å². The number of aliphatic carboxylic acids is 1. The molecule has 98 heavy (non-hydrogen) atoms. The second-order valence-electron chi connectivity index (χ2n) is 24.2. The van der Waals surface area contributed by atoms with Crippen LogP contribution < -0.4 is 70.4 Å². The summed E-state index contributed by atoms with van der Waals surface area (Å²) in [6.45, 7) is 11.8. The Balaban J connectivity index is 0.00000441. The van der Waals surface area contributed by atoms with Crippen LogP contribution in [0.3, 0.4) is 0 Å². The molecule has 2 aromatic carbocycles. The van der Waals surface area contributed by atoms with Crippen molar-refractivity contribution in [2.45, 2.75) is 179 Å². The van der Waals surface area contributed by atoms with Crippen LogP contribution >= 0.6 is 12.2 Å². The van der Waals surface area contributed by atoms with E-state index in [9.17, 15) is 72.0 Å². The lowest BCUT2D eigenvalue weighted by Gasteiger charge is -2.39. The average Bonchev–Trinajstić information content (AvgIpc) is 0.783. The number of nitrogens with one attached hydrogen (secondary N) is 11. The molecule has 0 saturated carbocycles. The first-order chi connectivity index (χ1) is 45.7. The fraction of sp³-hybridized carbons (Fsp3) is 0.574. The molecule has 22 N–H and O–H groups in total. The van der Waals surface area contributed by atoms with Crippen LogP contribution in [0.4, 0.5) is 18.9 Å². The Bertz CT molecular complexity index is 3080. The highest BCUT2D eigenvalue weighted by molar-refractivity contribution is 7.80. The molecule has 37 heteroatoms. The van der Waals surface area contributed by atoms with Crippen molar-refractivity contribution in [1.82, 2.24) is 52.8 Å². The van der Waals surface area contributed by atoms with Gasteiger partial charge in [-0.15, -0.1) is 0 Å². The lowest BCUT2D eigenvalue weighted by Crippen LogP contribution is -2.65. The van der Waals surface area contributed by atoms with E-state index in [-0.39, 0.29) is 55.8 Å². The van der Waals surface area contributed by atoms with E-state index in [4.69, 9.17) is 49.5 Å². The number of primary amides is 1. The molecule has 33 nitrogen and oxygen atoms in total. The molecule has 0 unspecified atom stereocenters. The summed E-state index contributed by atoms with van der Waals surface area (Å²) in [6, 6.07) is -1.77. The number of nitrogens with two attached hydrogens (primary N) is 3. The van der Waals surface area contributed by atoms with Crippen molar-refractivity contribution in [2.24, 2.45) is 40.9 Å². The highest BCUT2D eigenvalue weighted by Gasteiger charge is 2.47. The van der Waals surface area contributed by atoms with Crippen LogP contribution in [0.25, 0.3) is 0 Å². The Hall–Kier alpha value is -9.17. The fourth-order valence-electron chi connectivity index (χ4n) is 9.37. The molecule has 0 bridgehead atoms. The van der Waals surface area contributed by atoms with Crippen LogP contribution in [0, 0.1) is 29.1 Å². The molecule has 1 heterocycles. The summed E-state index contributed by atoms with van der Waals surface area (Å²) in [5.74, 6) is -19.3. The van der Waals surface area contributed by atoms with E-state index < -0.39 is 198 Å². The number of hydrogen-bond donors (Lipinski definition) is 19. The van der Waals surface area contributed by atoms with Gasteiger partial charge in [0.1, 0.15) is 36.3 Å². The molecule has 0 spiro atoms. The normalized spacial score (nSPS) is 23.2. The molecular formula is C61H92F3N15O18S. The largest absolute Gasteiger partial charge is 0.490 e. The number of halogens is 3. The van der Waals surface area contributed by atoms with E-state index in [1.54, 1.807) is 71.9 Å². The number of aliphatic hydroxyl groups is 4. The van der Waals surface area contributed by atoms with E-state index in [0.29, 0.717) is 4.90 Å². The molecule has 1 aliphatic rings. The number of guanidine groups is 1. The van der Waals surface area contributed by atoms with Crippen LogP contribution in [0.1, 0.15) is 106 Å². The van der Waals surface area contributed by atoms with Crippen LogP contribution in [0.15, 0.2) is 60.7 Å². The Labute approximate surface area is 568 Å². The number of rotatable bonds is 20. The number of carbonyl (C=O) groups excluding carboxylic acids is 11. The van der Waals surface area contributed by atoms with Crippen LogP contribution in [0.5, 0.6) is 0 Å². The van der Waals surface area contributed by atoms with Gasteiger partial charge in [-0.3, -0.25) is 58.3 Å². The molecule has 546 valence electrons. The number of esters is 1. The minimum absolute atomic E-state index is 0.0146. The third kappa shape index (κ3) is 27.4. The number of aliphatic hydroxyl groups excluding tert-OH is 4. The molecule has 1 aliphatic heterocycles. The van der Waals surface area contributed by atoms with Gasteiger partial charge in [-0.2, -0.15) is 13.2 Å². The van der Waals surface area contributed by atoms with Gasteiger partial charge in [-0.05, 0) is 86.2 Å². The summed E-state index contributed by atoms with van der Waals surface area (Å²) in [5.41, 5.74) is 17.7. The van der Waals surface area contributed by atoms with E-state index in [1.807, 2.05) is 5.32 Å². The number of alkyl halides is 3. The molecule has 1 fully saturated rings. The number of nitrogens with zero attached hydrogens (tertiary/aromatic N) is 1. The predicted octanol–water partition coefficient (Wildman–Crippen LogP) is -3.01. The number of ether oxygens (including phenoxy) is 1. The van der Waals surface area contributed by atoms with Gasteiger partial charge in [-0.1, -0.05) is 110 Å². The third-order valence-electron chi connectivity index (χ3n) is 14.8. The number of amides is 10. The van der Waals surface area contributed by atoms with E-state index in [2.05, 4.69) is 47.9 Å². The van der Waals surface area contributed by atoms with Gasteiger partial charge >= 0.3 is 18.1 Å². The Morgan fingerprint density at radius 1 is 0.704 bits per heavy atom. The van der Waals surface area contributed by atoms with Crippen LogP contribution in [0.2, 0.25) is 0 Å². The molecule has 0 aliphatic carbocycles. The lowest BCUT2D eigenvalue weighted by molar-refractivity contribution is -0.192. The van der Waals surface area contributed by atoms with Crippen molar-refractivity contribution in [3.8, 4) is 0 Å². The summed E-state index contributed by atoms with van der Waals surface area (Å²) >= 11 is 5.92. The van der Waals surface area contributed by atoms with Gasteiger partial charge < -0.3 is 101 Å².